The Labute approximate surface area is 111 Å². The fraction of sp³-hybridized carbons (Fsp3) is 0.286. The van der Waals surface area contributed by atoms with Gasteiger partial charge >= 0.3 is 5.97 Å². The number of hydrogen-bond acceptors (Lipinski definition) is 4. The average molecular weight is 259 g/mol. The Morgan fingerprint density at radius 2 is 2.11 bits per heavy atom. The second-order valence-electron chi connectivity index (χ2n) is 4.60. The molecule has 0 radical (unpaired) electrons. The minimum Gasteiger partial charge on any atom is -0.478 e. The first-order chi connectivity index (χ1) is 9.08. The lowest BCUT2D eigenvalue weighted by atomic mass is 10.1. The summed E-state index contributed by atoms with van der Waals surface area (Å²) in [6, 6.07) is 8.72. The summed E-state index contributed by atoms with van der Waals surface area (Å²) in [6.07, 6.45) is 0. The molecule has 0 aliphatic rings. The molecule has 5 nitrogen and oxygen atoms in total. The molecule has 5 heteroatoms. The number of carboxylic acid groups (broad SMARTS) is 1. The summed E-state index contributed by atoms with van der Waals surface area (Å²) in [6.45, 7) is 1.71. The molecule has 0 spiro atoms. The van der Waals surface area contributed by atoms with Gasteiger partial charge in [0.15, 0.2) is 0 Å². The molecule has 0 saturated carbocycles. The number of anilines is 1. The van der Waals surface area contributed by atoms with Crippen LogP contribution in [0.1, 0.15) is 10.4 Å². The molecule has 0 amide bonds. The fourth-order valence-corrected chi connectivity index (χ4v) is 1.85. The molecule has 0 fully saturated rings. The Kier molecular flexibility index (Phi) is 3.97. The van der Waals surface area contributed by atoms with Gasteiger partial charge in [-0.05, 0) is 38.4 Å². The quantitative estimate of drug-likeness (QED) is 0.858. The van der Waals surface area contributed by atoms with Crippen LogP contribution < -0.4 is 5.32 Å². The number of benzene rings is 1. The van der Waals surface area contributed by atoms with E-state index < -0.39 is 5.97 Å². The van der Waals surface area contributed by atoms with Crippen LogP contribution in [-0.4, -0.2) is 48.1 Å². The highest BCUT2D eigenvalue weighted by atomic mass is 16.4. The normalized spacial score (nSPS) is 10.9. The number of aromatic carboxylic acids is 1. The zero-order valence-electron chi connectivity index (χ0n) is 11.1. The van der Waals surface area contributed by atoms with Crippen LogP contribution in [0.5, 0.6) is 0 Å². The van der Waals surface area contributed by atoms with Crippen molar-refractivity contribution in [1.82, 2.24) is 9.88 Å². The molecule has 1 heterocycles. The van der Waals surface area contributed by atoms with Gasteiger partial charge in [-0.25, -0.2) is 9.78 Å². The van der Waals surface area contributed by atoms with Gasteiger partial charge in [0.05, 0.1) is 11.1 Å². The Morgan fingerprint density at radius 3 is 2.79 bits per heavy atom. The van der Waals surface area contributed by atoms with Crippen molar-refractivity contribution < 1.29 is 9.90 Å². The first-order valence-electron chi connectivity index (χ1n) is 6.09. The maximum Gasteiger partial charge on any atom is 0.336 e. The molecular formula is C14H17N3O2. The number of rotatable bonds is 5. The Hall–Kier alpha value is -2.14. The van der Waals surface area contributed by atoms with E-state index in [2.05, 4.69) is 15.2 Å². The molecule has 0 atom stereocenters. The summed E-state index contributed by atoms with van der Waals surface area (Å²) in [5, 5.41) is 13.0. The molecule has 2 N–H and O–H groups in total. The molecule has 0 aliphatic heterocycles. The number of fused-ring (bicyclic) bond motifs is 1. The second-order valence-corrected chi connectivity index (χ2v) is 4.60. The number of carboxylic acids is 1. The number of pyridine rings is 1. The van der Waals surface area contributed by atoms with Crippen LogP contribution in [0.3, 0.4) is 0 Å². The molecule has 1 aromatic carbocycles. The van der Waals surface area contributed by atoms with Gasteiger partial charge in [0.25, 0.3) is 0 Å². The van der Waals surface area contributed by atoms with Gasteiger partial charge in [-0.2, -0.15) is 0 Å². The molecule has 100 valence electrons. The molecule has 2 aromatic rings. The first-order valence-corrected chi connectivity index (χ1v) is 6.09. The van der Waals surface area contributed by atoms with Crippen molar-refractivity contribution >= 4 is 22.7 Å². The lowest BCUT2D eigenvalue weighted by Gasteiger charge is -2.11. The number of nitrogens with one attached hydrogen (secondary N) is 1. The number of aromatic nitrogens is 1. The van der Waals surface area contributed by atoms with Crippen LogP contribution in [0.15, 0.2) is 30.3 Å². The average Bonchev–Trinajstić information content (AvgIpc) is 2.37. The molecule has 0 bridgehead atoms. The maximum absolute atomic E-state index is 11.1. The summed E-state index contributed by atoms with van der Waals surface area (Å²) in [7, 11) is 4.02. The van der Waals surface area contributed by atoms with Crippen LogP contribution in [0.2, 0.25) is 0 Å². The van der Waals surface area contributed by atoms with Gasteiger partial charge in [-0.1, -0.05) is 6.07 Å². The highest BCUT2D eigenvalue weighted by molar-refractivity contribution is 6.02. The van der Waals surface area contributed by atoms with Gasteiger partial charge in [-0.15, -0.1) is 0 Å². The highest BCUT2D eigenvalue weighted by Crippen LogP contribution is 2.19. The van der Waals surface area contributed by atoms with E-state index in [0.29, 0.717) is 10.9 Å². The predicted octanol–water partition coefficient (Wildman–Crippen LogP) is 1.91. The highest BCUT2D eigenvalue weighted by Gasteiger charge is 2.08. The van der Waals surface area contributed by atoms with Gasteiger partial charge in [0.1, 0.15) is 5.82 Å². The van der Waals surface area contributed by atoms with Crippen LogP contribution in [0, 0.1) is 0 Å². The summed E-state index contributed by atoms with van der Waals surface area (Å²) in [5.74, 6) is -0.169. The summed E-state index contributed by atoms with van der Waals surface area (Å²) < 4.78 is 0. The summed E-state index contributed by atoms with van der Waals surface area (Å²) in [4.78, 5) is 17.6. The van der Waals surface area contributed by atoms with Crippen molar-refractivity contribution in [3.63, 3.8) is 0 Å². The number of likely N-dealkylation sites (N-methyl/N-ethyl adjacent to an activating group) is 1. The fourth-order valence-electron chi connectivity index (χ4n) is 1.85. The molecule has 0 unspecified atom stereocenters. The molecular weight excluding hydrogens is 242 g/mol. The number of nitrogens with zero attached hydrogens (tertiary/aromatic N) is 2. The molecule has 0 saturated heterocycles. The van der Waals surface area contributed by atoms with Gasteiger partial charge in [-0.3, -0.25) is 0 Å². The smallest absolute Gasteiger partial charge is 0.336 e. The largest absolute Gasteiger partial charge is 0.478 e. The third kappa shape index (κ3) is 3.20. The lowest BCUT2D eigenvalue weighted by molar-refractivity contribution is 0.0699. The standard InChI is InChI=1S/C14H17N3O2/c1-17(2)9-8-15-13-7-6-10-11(14(18)19)4-3-5-12(10)16-13/h3-7H,8-9H2,1-2H3,(H,15,16)(H,18,19). The zero-order valence-corrected chi connectivity index (χ0v) is 11.1. The third-order valence-corrected chi connectivity index (χ3v) is 2.83. The molecule has 19 heavy (non-hydrogen) atoms. The van der Waals surface area contributed by atoms with Gasteiger partial charge in [0, 0.05) is 18.5 Å². The summed E-state index contributed by atoms with van der Waals surface area (Å²) in [5.41, 5.74) is 0.972. The Balaban J connectivity index is 2.24. The maximum atomic E-state index is 11.1. The van der Waals surface area contributed by atoms with E-state index in [1.165, 1.54) is 0 Å². The van der Waals surface area contributed by atoms with Crippen LogP contribution >= 0.6 is 0 Å². The van der Waals surface area contributed by atoms with E-state index in [4.69, 9.17) is 5.11 Å². The van der Waals surface area contributed by atoms with Crippen molar-refractivity contribution in [3.8, 4) is 0 Å². The monoisotopic (exact) mass is 259 g/mol. The lowest BCUT2D eigenvalue weighted by Crippen LogP contribution is -2.21. The number of carbonyl (C=O) groups is 1. The molecule has 2 rings (SSSR count). The van der Waals surface area contributed by atoms with Crippen LogP contribution in [-0.2, 0) is 0 Å². The van der Waals surface area contributed by atoms with Crippen molar-refractivity contribution in [2.75, 3.05) is 32.5 Å². The Morgan fingerprint density at radius 1 is 1.32 bits per heavy atom. The minimum absolute atomic E-state index is 0.282. The number of hydrogen-bond donors (Lipinski definition) is 2. The molecule has 1 aromatic heterocycles. The second kappa shape index (κ2) is 5.67. The van der Waals surface area contributed by atoms with E-state index in [0.717, 1.165) is 18.9 Å². The van der Waals surface area contributed by atoms with Crippen LogP contribution in [0.25, 0.3) is 10.9 Å². The van der Waals surface area contributed by atoms with Gasteiger partial charge in [0.2, 0.25) is 0 Å². The van der Waals surface area contributed by atoms with E-state index in [-0.39, 0.29) is 5.56 Å². The van der Waals surface area contributed by atoms with E-state index in [1.807, 2.05) is 26.2 Å². The van der Waals surface area contributed by atoms with Crippen molar-refractivity contribution in [3.05, 3.63) is 35.9 Å². The van der Waals surface area contributed by atoms with E-state index >= 15 is 0 Å². The van der Waals surface area contributed by atoms with Crippen LogP contribution in [0.4, 0.5) is 5.82 Å². The van der Waals surface area contributed by atoms with E-state index in [1.54, 1.807) is 18.2 Å². The predicted molar refractivity (Wildman–Crippen MR) is 75.7 cm³/mol. The Bertz CT molecular complexity index is 596. The van der Waals surface area contributed by atoms with Crippen molar-refractivity contribution in [1.29, 1.82) is 0 Å². The first kappa shape index (κ1) is 13.3. The zero-order chi connectivity index (χ0) is 13.8. The third-order valence-electron chi connectivity index (χ3n) is 2.83. The SMILES string of the molecule is CN(C)CCNc1ccc2c(C(=O)O)cccc2n1. The molecule has 0 aliphatic carbocycles. The van der Waals surface area contributed by atoms with E-state index in [9.17, 15) is 4.79 Å². The summed E-state index contributed by atoms with van der Waals surface area (Å²) >= 11 is 0. The van der Waals surface area contributed by atoms with Crippen molar-refractivity contribution in [2.45, 2.75) is 0 Å². The van der Waals surface area contributed by atoms with Gasteiger partial charge < -0.3 is 15.3 Å². The minimum atomic E-state index is -0.930. The topological polar surface area (TPSA) is 65.5 Å². The van der Waals surface area contributed by atoms with Crippen molar-refractivity contribution in [2.24, 2.45) is 0 Å².